The van der Waals surface area contributed by atoms with Crippen molar-refractivity contribution in [1.29, 1.82) is 0 Å². The summed E-state index contributed by atoms with van der Waals surface area (Å²) in [4.78, 5) is 11.3. The van der Waals surface area contributed by atoms with Crippen molar-refractivity contribution < 1.29 is 13.6 Å². The molecule has 0 heterocycles. The average Bonchev–Trinajstić information content (AvgIpc) is 2.51. The van der Waals surface area contributed by atoms with Gasteiger partial charge in [-0.2, -0.15) is 8.78 Å². The van der Waals surface area contributed by atoms with E-state index >= 15 is 0 Å². The molecule has 2 aromatic rings. The summed E-state index contributed by atoms with van der Waals surface area (Å²) in [7, 11) is 0. The Morgan fingerprint density at radius 3 is 2.29 bits per heavy atom. The first kappa shape index (κ1) is 13.7. The molecule has 1 nitrogen and oxygen atoms in total. The van der Waals surface area contributed by atoms with Gasteiger partial charge in [-0.15, -0.1) is 0 Å². The molecule has 0 saturated heterocycles. The number of fused-ring (bicyclic) bond motifs is 1. The maximum absolute atomic E-state index is 13.8. The van der Waals surface area contributed by atoms with Gasteiger partial charge in [-0.25, -0.2) is 0 Å². The summed E-state index contributed by atoms with van der Waals surface area (Å²) < 4.78 is 27.6. The van der Waals surface area contributed by atoms with Crippen molar-refractivity contribution in [1.82, 2.24) is 0 Å². The van der Waals surface area contributed by atoms with Gasteiger partial charge in [-0.1, -0.05) is 49.4 Å². The molecule has 106 valence electrons. The lowest BCUT2D eigenvalue weighted by atomic mass is 9.90. The zero-order valence-corrected chi connectivity index (χ0v) is 11.6. The molecule has 0 amide bonds. The molecule has 0 spiro atoms. The van der Waals surface area contributed by atoms with Crippen molar-refractivity contribution in [2.24, 2.45) is 0 Å². The fourth-order valence-corrected chi connectivity index (χ4v) is 2.50. The van der Waals surface area contributed by atoms with E-state index in [1.807, 2.05) is 24.3 Å². The van der Waals surface area contributed by atoms with E-state index < -0.39 is 11.7 Å². The number of hydrogen-bond acceptors (Lipinski definition) is 1. The molecule has 0 atom stereocenters. The second kappa shape index (κ2) is 4.92. The number of carbonyl (C=O) groups is 1. The van der Waals surface area contributed by atoms with Crippen LogP contribution in [0.3, 0.4) is 0 Å². The fraction of sp³-hybridized carbons (Fsp3) is 0.167. The van der Waals surface area contributed by atoms with E-state index in [0.717, 1.165) is 23.6 Å². The molecule has 0 aromatic heterocycles. The van der Waals surface area contributed by atoms with Gasteiger partial charge in [-0.05, 0) is 40.8 Å². The predicted molar refractivity (Wildman–Crippen MR) is 79.2 cm³/mol. The van der Waals surface area contributed by atoms with Crippen LogP contribution in [0.2, 0.25) is 0 Å². The molecule has 0 aliphatic heterocycles. The number of carbonyl (C=O) groups excluding carboxylic acids is 1. The molecular weight excluding hydrogens is 270 g/mol. The third-order valence-electron chi connectivity index (χ3n) is 3.81. The second-order valence-corrected chi connectivity index (χ2v) is 5.12. The van der Waals surface area contributed by atoms with E-state index in [1.165, 1.54) is 17.7 Å². The third kappa shape index (κ3) is 2.29. The van der Waals surface area contributed by atoms with Crippen LogP contribution in [0, 0.1) is 0 Å². The van der Waals surface area contributed by atoms with Crippen LogP contribution >= 0.6 is 0 Å². The first-order valence-electron chi connectivity index (χ1n) is 6.86. The molecule has 0 saturated carbocycles. The molecule has 21 heavy (non-hydrogen) atoms. The monoisotopic (exact) mass is 284 g/mol. The molecule has 0 bridgehead atoms. The number of alkyl halides is 2. The molecule has 1 aliphatic rings. The number of halogens is 2. The molecule has 0 radical (unpaired) electrons. The maximum Gasteiger partial charge on any atom is 0.334 e. The van der Waals surface area contributed by atoms with Crippen LogP contribution in [-0.4, -0.2) is 5.78 Å². The topological polar surface area (TPSA) is 17.1 Å². The van der Waals surface area contributed by atoms with Crippen molar-refractivity contribution >= 4 is 11.9 Å². The van der Waals surface area contributed by atoms with E-state index in [-0.39, 0.29) is 5.56 Å². The van der Waals surface area contributed by atoms with E-state index in [4.69, 9.17) is 0 Å². The molecule has 2 aromatic carbocycles. The van der Waals surface area contributed by atoms with Crippen LogP contribution in [0.15, 0.2) is 48.5 Å². The van der Waals surface area contributed by atoms with Crippen LogP contribution in [-0.2, 0) is 17.1 Å². The average molecular weight is 284 g/mol. The highest BCUT2D eigenvalue weighted by Crippen LogP contribution is 2.38. The Morgan fingerprint density at radius 1 is 0.952 bits per heavy atom. The molecule has 3 heteroatoms. The molecular formula is C18H14F2O. The summed E-state index contributed by atoms with van der Waals surface area (Å²) in [6, 6.07) is 12.7. The number of allylic oxidation sites excluding steroid dienone is 1. The van der Waals surface area contributed by atoms with Crippen molar-refractivity contribution in [2.75, 3.05) is 0 Å². The minimum absolute atomic E-state index is 0.219. The SMILES string of the molecule is CCc1ccc(-c2ccc3c(c2)C=CC(=O)C3(F)F)cc1. The first-order valence-corrected chi connectivity index (χ1v) is 6.86. The normalized spacial score (nSPS) is 15.9. The lowest BCUT2D eigenvalue weighted by Gasteiger charge is -2.20. The van der Waals surface area contributed by atoms with Crippen molar-refractivity contribution in [3.05, 3.63) is 65.2 Å². The number of aryl methyl sites for hydroxylation is 1. The molecule has 0 N–H and O–H groups in total. The van der Waals surface area contributed by atoms with Crippen LogP contribution in [0.1, 0.15) is 23.6 Å². The summed E-state index contributed by atoms with van der Waals surface area (Å²) in [5.74, 6) is -4.58. The van der Waals surface area contributed by atoms with Gasteiger partial charge >= 0.3 is 5.92 Å². The molecule has 0 unspecified atom stereocenters. The van der Waals surface area contributed by atoms with Gasteiger partial charge in [-0.3, -0.25) is 4.79 Å². The third-order valence-corrected chi connectivity index (χ3v) is 3.81. The maximum atomic E-state index is 13.8. The van der Waals surface area contributed by atoms with Gasteiger partial charge in [0.15, 0.2) is 0 Å². The van der Waals surface area contributed by atoms with Gasteiger partial charge in [0.25, 0.3) is 0 Å². The molecule has 3 rings (SSSR count). The first-order chi connectivity index (χ1) is 10.0. The quantitative estimate of drug-likeness (QED) is 0.787. The molecule has 1 aliphatic carbocycles. The van der Waals surface area contributed by atoms with Gasteiger partial charge in [0, 0.05) is 5.56 Å². The number of ketones is 1. The van der Waals surface area contributed by atoms with E-state index in [9.17, 15) is 13.6 Å². The lowest BCUT2D eigenvalue weighted by Crippen LogP contribution is -2.27. The molecule has 0 fully saturated rings. The zero-order chi connectivity index (χ0) is 15.0. The number of hydrogen-bond donors (Lipinski definition) is 0. The van der Waals surface area contributed by atoms with Gasteiger partial charge in [0.2, 0.25) is 5.78 Å². The summed E-state index contributed by atoms with van der Waals surface area (Å²) in [6.07, 6.45) is 3.37. The van der Waals surface area contributed by atoms with Crippen molar-refractivity contribution in [3.8, 4) is 11.1 Å². The van der Waals surface area contributed by atoms with Gasteiger partial charge < -0.3 is 0 Å². The highest BCUT2D eigenvalue weighted by Gasteiger charge is 2.42. The largest absolute Gasteiger partial charge is 0.334 e. The van der Waals surface area contributed by atoms with E-state index in [1.54, 1.807) is 12.1 Å². The van der Waals surface area contributed by atoms with Gasteiger partial charge in [0.05, 0.1) is 0 Å². The second-order valence-electron chi connectivity index (χ2n) is 5.12. The standard InChI is InChI=1S/C18H14F2O/c1-2-12-3-5-13(6-4-12)14-7-9-16-15(11-14)8-10-17(21)18(16,19)20/h3-11H,2H2,1H3. The Balaban J connectivity index is 2.05. The summed E-state index contributed by atoms with van der Waals surface area (Å²) in [5.41, 5.74) is 3.25. The Bertz CT molecular complexity index is 727. The van der Waals surface area contributed by atoms with Crippen LogP contribution in [0.5, 0.6) is 0 Å². The smallest absolute Gasteiger partial charge is 0.288 e. The predicted octanol–water partition coefficient (Wildman–Crippen LogP) is 4.60. The van der Waals surface area contributed by atoms with E-state index in [0.29, 0.717) is 5.56 Å². The summed E-state index contributed by atoms with van der Waals surface area (Å²) in [5, 5.41) is 0. The summed E-state index contributed by atoms with van der Waals surface area (Å²) in [6.45, 7) is 2.08. The minimum Gasteiger partial charge on any atom is -0.288 e. The van der Waals surface area contributed by atoms with Crippen LogP contribution < -0.4 is 0 Å². The Morgan fingerprint density at radius 2 is 1.62 bits per heavy atom. The lowest BCUT2D eigenvalue weighted by molar-refractivity contribution is -0.139. The van der Waals surface area contributed by atoms with Crippen molar-refractivity contribution in [3.63, 3.8) is 0 Å². The van der Waals surface area contributed by atoms with Gasteiger partial charge in [0.1, 0.15) is 0 Å². The minimum atomic E-state index is -3.42. The highest BCUT2D eigenvalue weighted by atomic mass is 19.3. The number of rotatable bonds is 2. The van der Waals surface area contributed by atoms with Crippen LogP contribution in [0.25, 0.3) is 17.2 Å². The van der Waals surface area contributed by atoms with E-state index in [2.05, 4.69) is 6.92 Å². The van der Waals surface area contributed by atoms with Crippen molar-refractivity contribution in [2.45, 2.75) is 19.3 Å². The van der Waals surface area contributed by atoms with Crippen LogP contribution in [0.4, 0.5) is 8.78 Å². The Hall–Kier alpha value is -2.29. The fourth-order valence-electron chi connectivity index (χ4n) is 2.50. The highest BCUT2D eigenvalue weighted by molar-refractivity contribution is 6.03. The Labute approximate surface area is 121 Å². The Kier molecular flexibility index (Phi) is 3.20. The number of benzene rings is 2. The zero-order valence-electron chi connectivity index (χ0n) is 11.6. The summed E-state index contributed by atoms with van der Waals surface area (Å²) >= 11 is 0.